The van der Waals surface area contributed by atoms with E-state index in [4.69, 9.17) is 0 Å². The minimum absolute atomic E-state index is 0.711. The van der Waals surface area contributed by atoms with Crippen molar-refractivity contribution < 1.29 is 0 Å². The molecular weight excluding hydrogens is 122 g/mol. The predicted molar refractivity (Wildman–Crippen MR) is 44.7 cm³/mol. The first kappa shape index (κ1) is 7.39. The van der Waals surface area contributed by atoms with E-state index in [2.05, 4.69) is 44.1 Å². The van der Waals surface area contributed by atoms with Gasteiger partial charge in [0.1, 0.15) is 0 Å². The lowest BCUT2D eigenvalue weighted by Gasteiger charge is -2.21. The van der Waals surface area contributed by atoms with Crippen LogP contribution < -0.4 is 0 Å². The molecule has 0 aromatic carbocycles. The summed E-state index contributed by atoms with van der Waals surface area (Å²) in [5, 5.41) is 0. The molecule has 0 saturated heterocycles. The fourth-order valence-electron chi connectivity index (χ4n) is 1.15. The molecule has 10 heavy (non-hydrogen) atoms. The van der Waals surface area contributed by atoms with Crippen LogP contribution in [-0.2, 0) is 0 Å². The van der Waals surface area contributed by atoms with Gasteiger partial charge < -0.3 is 4.90 Å². The van der Waals surface area contributed by atoms with Crippen LogP contribution in [0.1, 0.15) is 13.3 Å². The molecule has 1 heteroatoms. The Kier molecular flexibility index (Phi) is 2.15. The second-order valence-electron chi connectivity index (χ2n) is 3.12. The van der Waals surface area contributed by atoms with E-state index in [1.807, 2.05) is 0 Å². The molecule has 1 unspecified atom stereocenters. The van der Waals surface area contributed by atoms with Gasteiger partial charge in [-0.1, -0.05) is 19.1 Å². The number of hydrogen-bond donors (Lipinski definition) is 0. The largest absolute Gasteiger partial charge is 0.381 e. The zero-order valence-corrected chi connectivity index (χ0v) is 6.96. The average Bonchev–Trinajstić information content (AvgIpc) is 1.88. The van der Waals surface area contributed by atoms with Crippen molar-refractivity contribution in [3.63, 3.8) is 0 Å². The average molecular weight is 137 g/mol. The molecule has 0 spiro atoms. The predicted octanol–water partition coefficient (Wildman–Crippen LogP) is 2.03. The van der Waals surface area contributed by atoms with Crippen LogP contribution in [-0.4, -0.2) is 19.0 Å². The van der Waals surface area contributed by atoms with Crippen LogP contribution in [0.3, 0.4) is 0 Å². The Morgan fingerprint density at radius 3 is 2.60 bits per heavy atom. The Balaban J connectivity index is 2.61. The van der Waals surface area contributed by atoms with Crippen molar-refractivity contribution in [2.45, 2.75) is 13.3 Å². The van der Waals surface area contributed by atoms with Gasteiger partial charge in [-0.25, -0.2) is 0 Å². The van der Waals surface area contributed by atoms with Gasteiger partial charge in [-0.15, -0.1) is 0 Å². The van der Waals surface area contributed by atoms with E-state index in [1.54, 1.807) is 0 Å². The van der Waals surface area contributed by atoms with Gasteiger partial charge in [0.15, 0.2) is 0 Å². The fourth-order valence-corrected chi connectivity index (χ4v) is 1.15. The minimum Gasteiger partial charge on any atom is -0.381 e. The van der Waals surface area contributed by atoms with Gasteiger partial charge >= 0.3 is 0 Å². The molecule has 1 aliphatic carbocycles. The Labute approximate surface area is 63.0 Å². The summed E-state index contributed by atoms with van der Waals surface area (Å²) in [5.74, 6) is 0.711. The van der Waals surface area contributed by atoms with Crippen molar-refractivity contribution in [2.24, 2.45) is 5.92 Å². The van der Waals surface area contributed by atoms with E-state index >= 15 is 0 Å². The molecule has 0 fully saturated rings. The zero-order valence-electron chi connectivity index (χ0n) is 6.96. The lowest BCUT2D eigenvalue weighted by molar-refractivity contribution is 0.461. The number of rotatable bonds is 1. The third-order valence-electron chi connectivity index (χ3n) is 1.83. The van der Waals surface area contributed by atoms with Gasteiger partial charge in [-0.2, -0.15) is 0 Å². The molecule has 0 aromatic heterocycles. The van der Waals surface area contributed by atoms with Gasteiger partial charge in [0.25, 0.3) is 0 Å². The number of nitrogens with zero attached hydrogens (tertiary/aromatic N) is 1. The SMILES string of the molecule is CC1C=CC=C(N(C)C)C1. The molecular formula is C9H15N. The van der Waals surface area contributed by atoms with E-state index in [0.717, 1.165) is 0 Å². The summed E-state index contributed by atoms with van der Waals surface area (Å²) in [5.41, 5.74) is 1.43. The van der Waals surface area contributed by atoms with E-state index in [9.17, 15) is 0 Å². The summed E-state index contributed by atoms with van der Waals surface area (Å²) in [7, 11) is 4.19. The standard InChI is InChI=1S/C9H15N/c1-8-5-4-6-9(7-8)10(2)3/h4-6,8H,7H2,1-3H3. The summed E-state index contributed by atoms with van der Waals surface area (Å²) < 4.78 is 0. The molecule has 1 aliphatic rings. The minimum atomic E-state index is 0.711. The van der Waals surface area contributed by atoms with Gasteiger partial charge in [-0.05, 0) is 18.4 Å². The van der Waals surface area contributed by atoms with Crippen molar-refractivity contribution in [3.8, 4) is 0 Å². The van der Waals surface area contributed by atoms with Crippen LogP contribution in [0.15, 0.2) is 23.9 Å². The topological polar surface area (TPSA) is 3.24 Å². The van der Waals surface area contributed by atoms with Gasteiger partial charge in [0.05, 0.1) is 0 Å². The highest BCUT2D eigenvalue weighted by atomic mass is 15.1. The highest BCUT2D eigenvalue weighted by Crippen LogP contribution is 2.18. The normalized spacial score (nSPS) is 24.3. The molecule has 0 radical (unpaired) electrons. The van der Waals surface area contributed by atoms with Crippen molar-refractivity contribution in [1.82, 2.24) is 4.90 Å². The van der Waals surface area contributed by atoms with Crippen LogP contribution in [0, 0.1) is 5.92 Å². The first-order chi connectivity index (χ1) is 4.70. The Hall–Kier alpha value is -0.720. The molecule has 1 rings (SSSR count). The second-order valence-corrected chi connectivity index (χ2v) is 3.12. The summed E-state index contributed by atoms with van der Waals surface area (Å²) in [4.78, 5) is 2.18. The summed E-state index contributed by atoms with van der Waals surface area (Å²) in [6.07, 6.45) is 7.75. The summed E-state index contributed by atoms with van der Waals surface area (Å²) >= 11 is 0. The zero-order chi connectivity index (χ0) is 7.56. The lowest BCUT2D eigenvalue weighted by Crippen LogP contribution is -2.14. The molecule has 0 saturated carbocycles. The van der Waals surface area contributed by atoms with Crippen molar-refractivity contribution in [2.75, 3.05) is 14.1 Å². The monoisotopic (exact) mass is 137 g/mol. The number of hydrogen-bond acceptors (Lipinski definition) is 1. The maximum Gasteiger partial charge on any atom is 0.0133 e. The van der Waals surface area contributed by atoms with Crippen molar-refractivity contribution in [3.05, 3.63) is 23.9 Å². The molecule has 1 atom stereocenters. The fraction of sp³-hybridized carbons (Fsp3) is 0.556. The van der Waals surface area contributed by atoms with Crippen molar-refractivity contribution in [1.29, 1.82) is 0 Å². The van der Waals surface area contributed by atoms with E-state index in [-0.39, 0.29) is 0 Å². The third-order valence-corrected chi connectivity index (χ3v) is 1.83. The van der Waals surface area contributed by atoms with Crippen molar-refractivity contribution >= 4 is 0 Å². The first-order valence-electron chi connectivity index (χ1n) is 3.75. The van der Waals surface area contributed by atoms with E-state index in [1.165, 1.54) is 12.1 Å². The Bertz CT molecular complexity index is 166. The van der Waals surface area contributed by atoms with Crippen LogP contribution in [0.4, 0.5) is 0 Å². The van der Waals surface area contributed by atoms with E-state index in [0.29, 0.717) is 5.92 Å². The van der Waals surface area contributed by atoms with Gasteiger partial charge in [0, 0.05) is 19.8 Å². The molecule has 0 amide bonds. The highest BCUT2D eigenvalue weighted by Gasteiger charge is 2.06. The molecule has 56 valence electrons. The second kappa shape index (κ2) is 2.91. The Morgan fingerprint density at radius 2 is 2.20 bits per heavy atom. The van der Waals surface area contributed by atoms with Gasteiger partial charge in [0.2, 0.25) is 0 Å². The van der Waals surface area contributed by atoms with Gasteiger partial charge in [-0.3, -0.25) is 0 Å². The third kappa shape index (κ3) is 1.63. The van der Waals surface area contributed by atoms with Crippen LogP contribution in [0.5, 0.6) is 0 Å². The Morgan fingerprint density at radius 1 is 1.50 bits per heavy atom. The first-order valence-corrected chi connectivity index (χ1v) is 3.75. The molecule has 0 N–H and O–H groups in total. The summed E-state index contributed by atoms with van der Waals surface area (Å²) in [6, 6.07) is 0. The number of allylic oxidation sites excluding steroid dienone is 4. The lowest BCUT2D eigenvalue weighted by atomic mass is 10.0. The smallest absolute Gasteiger partial charge is 0.0133 e. The van der Waals surface area contributed by atoms with Crippen LogP contribution in [0.2, 0.25) is 0 Å². The molecule has 0 bridgehead atoms. The quantitative estimate of drug-likeness (QED) is 0.534. The molecule has 0 aliphatic heterocycles. The van der Waals surface area contributed by atoms with Crippen LogP contribution >= 0.6 is 0 Å². The molecule has 0 aromatic rings. The summed E-state index contributed by atoms with van der Waals surface area (Å²) in [6.45, 7) is 2.24. The van der Waals surface area contributed by atoms with E-state index < -0.39 is 0 Å². The maximum absolute atomic E-state index is 2.24. The highest BCUT2D eigenvalue weighted by molar-refractivity contribution is 5.17. The maximum atomic E-state index is 2.24. The van der Waals surface area contributed by atoms with Crippen LogP contribution in [0.25, 0.3) is 0 Å². The molecule has 1 nitrogen and oxygen atoms in total. The molecule has 0 heterocycles.